The molecule has 4 fully saturated rings. The Morgan fingerprint density at radius 1 is 0.619 bits per heavy atom. The first-order chi connectivity index (χ1) is 20.2. The molecule has 0 saturated carbocycles. The van der Waals surface area contributed by atoms with E-state index in [-0.39, 0.29) is 12.1 Å². The van der Waals surface area contributed by atoms with Crippen molar-refractivity contribution < 1.29 is 29.9 Å². The highest BCUT2D eigenvalue weighted by Gasteiger charge is 2.79. The number of aromatic nitrogens is 4. The van der Waals surface area contributed by atoms with Gasteiger partial charge in [0.1, 0.15) is 23.0 Å². The van der Waals surface area contributed by atoms with Crippen LogP contribution in [0.3, 0.4) is 0 Å². The van der Waals surface area contributed by atoms with Crippen LogP contribution < -0.4 is 0 Å². The Morgan fingerprint density at radius 2 is 1.02 bits per heavy atom. The van der Waals surface area contributed by atoms with Gasteiger partial charge in [-0.2, -0.15) is 0 Å². The maximum Gasteiger partial charge on any atom is 0.294 e. The van der Waals surface area contributed by atoms with Gasteiger partial charge in [0.25, 0.3) is 23.4 Å². The molecule has 4 aromatic rings. The van der Waals surface area contributed by atoms with Gasteiger partial charge in [-0.1, -0.05) is 24.3 Å². The summed E-state index contributed by atoms with van der Waals surface area (Å²) >= 11 is 0. The molecular formula is C30H28N6O6. The first-order valence-electron chi connectivity index (χ1n) is 14.5. The summed E-state index contributed by atoms with van der Waals surface area (Å²) in [7, 11) is 0. The van der Waals surface area contributed by atoms with Crippen molar-refractivity contribution >= 4 is 0 Å². The van der Waals surface area contributed by atoms with Gasteiger partial charge < -0.3 is 29.6 Å². The Labute approximate surface area is 239 Å². The number of fused-ring (bicyclic) bond motifs is 14. The summed E-state index contributed by atoms with van der Waals surface area (Å²) < 4.78 is 14.8. The van der Waals surface area contributed by atoms with Crippen molar-refractivity contribution in [3.63, 3.8) is 0 Å². The molecule has 4 N–H and O–H groups in total. The summed E-state index contributed by atoms with van der Waals surface area (Å²) in [6.07, 6.45) is 6.95. The van der Waals surface area contributed by atoms with E-state index in [4.69, 9.17) is 9.47 Å². The van der Waals surface area contributed by atoms with Gasteiger partial charge in [-0.3, -0.25) is 9.47 Å². The predicted molar refractivity (Wildman–Crippen MR) is 143 cm³/mol. The van der Waals surface area contributed by atoms with Crippen LogP contribution in [-0.2, 0) is 21.0 Å². The van der Waals surface area contributed by atoms with E-state index in [9.17, 15) is 20.4 Å². The first kappa shape index (κ1) is 24.0. The van der Waals surface area contributed by atoms with E-state index in [1.54, 1.807) is 12.4 Å². The molecule has 2 aromatic heterocycles. The van der Waals surface area contributed by atoms with E-state index in [0.29, 0.717) is 24.5 Å². The summed E-state index contributed by atoms with van der Waals surface area (Å²) in [4.78, 5) is 13.0. The van der Waals surface area contributed by atoms with E-state index in [0.717, 1.165) is 59.8 Å². The van der Waals surface area contributed by atoms with E-state index in [2.05, 4.69) is 34.2 Å². The molecule has 4 bridgehead atoms. The monoisotopic (exact) mass is 568 g/mol. The van der Waals surface area contributed by atoms with Crippen LogP contribution in [0.5, 0.6) is 0 Å². The molecule has 2 aromatic carbocycles. The zero-order valence-corrected chi connectivity index (χ0v) is 22.5. The molecule has 6 atom stereocenters. The van der Waals surface area contributed by atoms with Crippen molar-refractivity contribution in [1.82, 2.24) is 28.9 Å². The number of aliphatic hydroxyl groups is 4. The van der Waals surface area contributed by atoms with Gasteiger partial charge in [0.15, 0.2) is 0 Å². The molecule has 2 unspecified atom stereocenters. The summed E-state index contributed by atoms with van der Waals surface area (Å²) in [6.45, 7) is 1.27. The molecule has 8 heterocycles. The van der Waals surface area contributed by atoms with Crippen LogP contribution in [0.25, 0.3) is 22.5 Å². The third-order valence-corrected chi connectivity index (χ3v) is 10.0. The minimum Gasteiger partial charge on any atom is -0.355 e. The van der Waals surface area contributed by atoms with Crippen LogP contribution in [0.15, 0.2) is 60.9 Å². The van der Waals surface area contributed by atoms with Gasteiger partial charge in [-0.25, -0.2) is 19.8 Å². The van der Waals surface area contributed by atoms with Crippen LogP contribution in [0.1, 0.15) is 60.8 Å². The van der Waals surface area contributed by atoms with Crippen molar-refractivity contribution in [1.29, 1.82) is 0 Å². The molecule has 42 heavy (non-hydrogen) atoms. The molecule has 6 aliphatic rings. The van der Waals surface area contributed by atoms with E-state index < -0.39 is 23.4 Å². The average molecular weight is 569 g/mol. The van der Waals surface area contributed by atoms with Crippen molar-refractivity contribution in [3.05, 3.63) is 84.0 Å². The lowest BCUT2D eigenvalue weighted by Gasteiger charge is -2.27. The molecule has 0 amide bonds. The van der Waals surface area contributed by atoms with Gasteiger partial charge in [0, 0.05) is 36.9 Å². The van der Waals surface area contributed by atoms with Gasteiger partial charge in [-0.05, 0) is 61.1 Å². The van der Waals surface area contributed by atoms with Crippen LogP contribution in [0.2, 0.25) is 0 Å². The van der Waals surface area contributed by atoms with E-state index >= 15 is 0 Å². The maximum absolute atomic E-state index is 11.0. The normalized spacial score (nSPS) is 37.4. The summed E-state index contributed by atoms with van der Waals surface area (Å²) in [6, 6.07) is 16.1. The Morgan fingerprint density at radius 3 is 1.43 bits per heavy atom. The Hall–Kier alpha value is -3.46. The fraction of sp³-hybridized carbons (Fsp3) is 0.400. The molecule has 4 saturated heterocycles. The summed E-state index contributed by atoms with van der Waals surface area (Å²) in [5.41, 5.74) is 4.55. The van der Waals surface area contributed by atoms with Crippen molar-refractivity contribution in [3.8, 4) is 22.5 Å². The Balaban J connectivity index is 0.962. The van der Waals surface area contributed by atoms with E-state index in [1.165, 1.54) is 0 Å². The smallest absolute Gasteiger partial charge is 0.294 e. The number of imidazole rings is 2. The molecule has 10 rings (SSSR count). The first-order valence-corrected chi connectivity index (χ1v) is 14.5. The lowest BCUT2D eigenvalue weighted by atomic mass is 10.0. The van der Waals surface area contributed by atoms with Crippen LogP contribution >= 0.6 is 0 Å². The third-order valence-electron chi connectivity index (χ3n) is 10.0. The second kappa shape index (κ2) is 7.36. The lowest BCUT2D eigenvalue weighted by Crippen LogP contribution is -2.42. The van der Waals surface area contributed by atoms with E-state index in [1.807, 2.05) is 43.2 Å². The highest BCUT2D eigenvalue weighted by molar-refractivity contribution is 5.66. The fourth-order valence-electron chi connectivity index (χ4n) is 7.73. The number of hydrogen-bond acceptors (Lipinski definition) is 10. The number of hydrogen-bond donors (Lipinski definition) is 4. The summed E-state index contributed by atoms with van der Waals surface area (Å²) in [5, 5.41) is 43.7. The quantitative estimate of drug-likeness (QED) is 0.269. The number of epoxide rings is 2. The predicted octanol–water partition coefficient (Wildman–Crippen LogP) is 1.67. The average Bonchev–Trinajstić information content (AvgIpc) is 3.54. The second-order valence-corrected chi connectivity index (χ2v) is 12.2. The maximum atomic E-state index is 11.0. The van der Waals surface area contributed by atoms with Gasteiger partial charge in [0.2, 0.25) is 0 Å². The standard InChI is InChI=1S/C30H28N6O6/c37-27-23-15-33(25(31-23)21-3-1-13-35(21)29(27,39)41-27)19-9-5-17(6-10-19)18-7-11-20(12-8-18)34-16-24-28(38)30(40,42-28)36-14-2-4-22(36)26(34)32-24/h5-12,15-16,21-22,37-40H,1-4,13-14H2/t21?,22?,27-,28-,29+,30+/m0/s1. The molecule has 12 heteroatoms. The molecule has 0 spiro atoms. The minimum atomic E-state index is -1.80. The van der Waals surface area contributed by atoms with Crippen LogP contribution in [-0.4, -0.2) is 74.2 Å². The molecule has 6 aliphatic heterocycles. The number of nitrogens with zero attached hydrogens (tertiary/aromatic N) is 6. The highest BCUT2D eigenvalue weighted by Crippen LogP contribution is 2.61. The second-order valence-electron chi connectivity index (χ2n) is 12.2. The highest BCUT2D eigenvalue weighted by atomic mass is 16.9. The molecule has 0 aliphatic carbocycles. The summed E-state index contributed by atoms with van der Waals surface area (Å²) in [5.74, 6) is -5.42. The Bertz CT molecular complexity index is 1670. The molecule has 12 nitrogen and oxygen atoms in total. The zero-order chi connectivity index (χ0) is 28.2. The van der Waals surface area contributed by atoms with Crippen molar-refractivity contribution in [2.45, 2.75) is 61.2 Å². The molecule has 0 radical (unpaired) electrons. The molecule has 214 valence electrons. The number of benzene rings is 2. The lowest BCUT2D eigenvalue weighted by molar-refractivity contribution is -0.121. The third kappa shape index (κ3) is 2.71. The van der Waals surface area contributed by atoms with Gasteiger partial charge >= 0.3 is 0 Å². The fourth-order valence-corrected chi connectivity index (χ4v) is 7.73. The number of rotatable bonds is 3. The zero-order valence-electron chi connectivity index (χ0n) is 22.5. The van der Waals surface area contributed by atoms with Crippen molar-refractivity contribution in [2.24, 2.45) is 0 Å². The van der Waals surface area contributed by atoms with Crippen molar-refractivity contribution in [2.75, 3.05) is 13.1 Å². The largest absolute Gasteiger partial charge is 0.355 e. The van der Waals surface area contributed by atoms with Gasteiger partial charge in [-0.15, -0.1) is 0 Å². The topological polar surface area (TPSA) is 148 Å². The SMILES string of the molecule is O[C@@]12O[C@@]1(O)N1CCCC1c1nc2cn1-c1ccc(-c2ccc(-n3cc4nc3C3CCCN3[C@]3(O)O[C@@]43O)cc2)cc1. The van der Waals surface area contributed by atoms with Crippen LogP contribution in [0, 0.1) is 0 Å². The molecular weight excluding hydrogens is 540 g/mol. The van der Waals surface area contributed by atoms with Crippen LogP contribution in [0.4, 0.5) is 0 Å². The van der Waals surface area contributed by atoms with Gasteiger partial charge in [0.05, 0.1) is 12.1 Å². The Kier molecular flexibility index (Phi) is 4.21. The number of ether oxygens (including phenoxy) is 2. The minimum absolute atomic E-state index is 0.140.